The van der Waals surface area contributed by atoms with Crippen LogP contribution in [0.5, 0.6) is 0 Å². The van der Waals surface area contributed by atoms with Gasteiger partial charge in [-0.1, -0.05) is 11.6 Å². The van der Waals surface area contributed by atoms with E-state index in [4.69, 9.17) is 16.0 Å². The van der Waals surface area contributed by atoms with E-state index in [1.807, 2.05) is 24.3 Å². The van der Waals surface area contributed by atoms with E-state index in [0.29, 0.717) is 22.7 Å². The molecule has 18 heavy (non-hydrogen) atoms. The average Bonchev–Trinajstić information content (AvgIpc) is 3.02. The summed E-state index contributed by atoms with van der Waals surface area (Å²) in [6.45, 7) is 2.13. The number of hydrogen-bond acceptors (Lipinski definition) is 4. The van der Waals surface area contributed by atoms with Gasteiger partial charge in [0.05, 0.1) is 0 Å². The number of rotatable bonds is 3. The van der Waals surface area contributed by atoms with Crippen molar-refractivity contribution in [3.8, 4) is 11.5 Å². The molecule has 2 aromatic rings. The number of hydrogen-bond donors (Lipinski definition) is 1. The fourth-order valence-electron chi connectivity index (χ4n) is 2.18. The van der Waals surface area contributed by atoms with Gasteiger partial charge in [-0.15, -0.1) is 10.2 Å². The van der Waals surface area contributed by atoms with Crippen LogP contribution in [0.25, 0.3) is 11.5 Å². The maximum atomic E-state index is 5.84. The van der Waals surface area contributed by atoms with Crippen molar-refractivity contribution in [2.75, 3.05) is 13.1 Å². The maximum absolute atomic E-state index is 5.84. The average molecular weight is 264 g/mol. The largest absolute Gasteiger partial charge is 0.421 e. The van der Waals surface area contributed by atoms with Gasteiger partial charge in [0.1, 0.15) is 0 Å². The van der Waals surface area contributed by atoms with Gasteiger partial charge in [0.15, 0.2) is 0 Å². The molecule has 1 saturated heterocycles. The molecule has 94 valence electrons. The van der Waals surface area contributed by atoms with Crippen LogP contribution in [-0.4, -0.2) is 23.3 Å². The van der Waals surface area contributed by atoms with Crippen LogP contribution in [0.4, 0.5) is 0 Å². The van der Waals surface area contributed by atoms with Crippen molar-refractivity contribution >= 4 is 11.6 Å². The van der Waals surface area contributed by atoms with Crippen molar-refractivity contribution in [1.82, 2.24) is 15.5 Å². The first-order valence-corrected chi connectivity index (χ1v) is 6.48. The Kier molecular flexibility index (Phi) is 3.30. The Morgan fingerprint density at radius 1 is 1.28 bits per heavy atom. The fourth-order valence-corrected chi connectivity index (χ4v) is 2.31. The Hall–Kier alpha value is -1.39. The summed E-state index contributed by atoms with van der Waals surface area (Å²) in [5, 5.41) is 12.2. The van der Waals surface area contributed by atoms with Gasteiger partial charge >= 0.3 is 0 Å². The van der Waals surface area contributed by atoms with Crippen LogP contribution in [0, 0.1) is 5.92 Å². The number of benzene rings is 1. The Labute approximate surface area is 110 Å². The molecule has 0 amide bonds. The van der Waals surface area contributed by atoms with E-state index in [1.165, 1.54) is 6.42 Å². The van der Waals surface area contributed by atoms with Gasteiger partial charge in [0, 0.05) is 17.0 Å². The third-order valence-corrected chi connectivity index (χ3v) is 3.44. The molecule has 4 nitrogen and oxygen atoms in total. The second-order valence-electron chi connectivity index (χ2n) is 4.57. The molecular formula is C13H14ClN3O. The molecule has 1 atom stereocenters. The van der Waals surface area contributed by atoms with E-state index in [1.54, 1.807) is 0 Å². The Balaban J connectivity index is 1.74. The number of nitrogens with zero attached hydrogens (tertiary/aromatic N) is 2. The van der Waals surface area contributed by atoms with Gasteiger partial charge in [-0.25, -0.2) is 0 Å². The van der Waals surface area contributed by atoms with Crippen LogP contribution in [0.15, 0.2) is 28.7 Å². The standard InChI is InChI=1S/C13H14ClN3O/c14-11-3-1-10(2-4-11)13-17-16-12(18-13)7-9-5-6-15-8-9/h1-4,9,15H,5-8H2. The number of halogens is 1. The quantitative estimate of drug-likeness (QED) is 0.925. The minimum atomic E-state index is 0.563. The first kappa shape index (κ1) is 11.7. The van der Waals surface area contributed by atoms with Crippen molar-refractivity contribution in [2.45, 2.75) is 12.8 Å². The van der Waals surface area contributed by atoms with E-state index in [0.717, 1.165) is 25.1 Å². The Morgan fingerprint density at radius 2 is 2.11 bits per heavy atom. The minimum absolute atomic E-state index is 0.563. The monoisotopic (exact) mass is 263 g/mol. The van der Waals surface area contributed by atoms with Crippen molar-refractivity contribution in [1.29, 1.82) is 0 Å². The zero-order valence-corrected chi connectivity index (χ0v) is 10.7. The molecule has 1 aromatic heterocycles. The number of aromatic nitrogens is 2. The normalized spacial score (nSPS) is 19.3. The molecule has 1 unspecified atom stereocenters. The van der Waals surface area contributed by atoms with Crippen molar-refractivity contribution < 1.29 is 4.42 Å². The lowest BCUT2D eigenvalue weighted by Crippen LogP contribution is -2.10. The molecule has 0 radical (unpaired) electrons. The summed E-state index contributed by atoms with van der Waals surface area (Å²) in [7, 11) is 0. The molecule has 3 rings (SSSR count). The van der Waals surface area contributed by atoms with Crippen LogP contribution in [0.2, 0.25) is 5.02 Å². The molecule has 0 bridgehead atoms. The summed E-state index contributed by atoms with van der Waals surface area (Å²) in [4.78, 5) is 0. The van der Waals surface area contributed by atoms with Crippen LogP contribution >= 0.6 is 11.6 Å². The molecule has 0 aliphatic carbocycles. The minimum Gasteiger partial charge on any atom is -0.421 e. The first-order valence-electron chi connectivity index (χ1n) is 6.10. The van der Waals surface area contributed by atoms with E-state index in [9.17, 15) is 0 Å². The van der Waals surface area contributed by atoms with E-state index in [2.05, 4.69) is 15.5 Å². The van der Waals surface area contributed by atoms with Crippen LogP contribution in [0.3, 0.4) is 0 Å². The zero-order chi connectivity index (χ0) is 12.4. The van der Waals surface area contributed by atoms with Crippen molar-refractivity contribution in [2.24, 2.45) is 5.92 Å². The summed E-state index contributed by atoms with van der Waals surface area (Å²) >= 11 is 5.84. The second-order valence-corrected chi connectivity index (χ2v) is 5.01. The molecule has 2 heterocycles. The predicted molar refractivity (Wildman–Crippen MR) is 69.4 cm³/mol. The SMILES string of the molecule is Clc1ccc(-c2nnc(CC3CCNC3)o2)cc1. The van der Waals surface area contributed by atoms with Crippen LogP contribution < -0.4 is 5.32 Å². The second kappa shape index (κ2) is 5.08. The van der Waals surface area contributed by atoms with Gasteiger partial charge in [-0.05, 0) is 49.7 Å². The molecule has 0 spiro atoms. The lowest BCUT2D eigenvalue weighted by Gasteiger charge is -2.02. The van der Waals surface area contributed by atoms with Gasteiger partial charge in [-0.2, -0.15) is 0 Å². The highest BCUT2D eigenvalue weighted by Gasteiger charge is 2.18. The summed E-state index contributed by atoms with van der Waals surface area (Å²) in [6, 6.07) is 7.41. The molecule has 1 aliphatic rings. The fraction of sp³-hybridized carbons (Fsp3) is 0.385. The van der Waals surface area contributed by atoms with E-state index >= 15 is 0 Å². The van der Waals surface area contributed by atoms with Gasteiger partial charge in [0.25, 0.3) is 0 Å². The molecular weight excluding hydrogens is 250 g/mol. The summed E-state index contributed by atoms with van der Waals surface area (Å²) in [5.41, 5.74) is 0.905. The third kappa shape index (κ3) is 2.54. The van der Waals surface area contributed by atoms with Gasteiger partial charge < -0.3 is 9.73 Å². The Morgan fingerprint density at radius 3 is 2.83 bits per heavy atom. The van der Waals surface area contributed by atoms with Crippen molar-refractivity contribution in [3.63, 3.8) is 0 Å². The van der Waals surface area contributed by atoms with E-state index < -0.39 is 0 Å². The highest BCUT2D eigenvalue weighted by atomic mass is 35.5. The summed E-state index contributed by atoms with van der Waals surface area (Å²) < 4.78 is 5.68. The lowest BCUT2D eigenvalue weighted by molar-refractivity contribution is 0.450. The predicted octanol–water partition coefficient (Wildman–Crippen LogP) is 2.54. The summed E-state index contributed by atoms with van der Waals surface area (Å²) in [5.74, 6) is 1.89. The van der Waals surface area contributed by atoms with Crippen molar-refractivity contribution in [3.05, 3.63) is 35.2 Å². The molecule has 1 aromatic carbocycles. The topological polar surface area (TPSA) is 51.0 Å². The molecule has 1 aliphatic heterocycles. The molecule has 1 fully saturated rings. The molecule has 5 heteroatoms. The molecule has 1 N–H and O–H groups in total. The van der Waals surface area contributed by atoms with E-state index in [-0.39, 0.29) is 0 Å². The smallest absolute Gasteiger partial charge is 0.247 e. The zero-order valence-electron chi connectivity index (χ0n) is 9.90. The highest BCUT2D eigenvalue weighted by Crippen LogP contribution is 2.22. The van der Waals surface area contributed by atoms with Crippen LogP contribution in [-0.2, 0) is 6.42 Å². The highest BCUT2D eigenvalue weighted by molar-refractivity contribution is 6.30. The third-order valence-electron chi connectivity index (χ3n) is 3.18. The van der Waals surface area contributed by atoms with Gasteiger partial charge in [-0.3, -0.25) is 0 Å². The van der Waals surface area contributed by atoms with Gasteiger partial charge in [0.2, 0.25) is 11.8 Å². The Bertz CT molecular complexity index is 517. The maximum Gasteiger partial charge on any atom is 0.247 e. The first-order chi connectivity index (χ1) is 8.81. The summed E-state index contributed by atoms with van der Waals surface area (Å²) in [6.07, 6.45) is 2.03. The van der Waals surface area contributed by atoms with Crippen LogP contribution in [0.1, 0.15) is 12.3 Å². The number of nitrogens with one attached hydrogen (secondary N) is 1. The lowest BCUT2D eigenvalue weighted by atomic mass is 10.1. The molecule has 0 saturated carbocycles.